The van der Waals surface area contributed by atoms with Crippen molar-refractivity contribution < 1.29 is 4.74 Å². The van der Waals surface area contributed by atoms with Crippen LogP contribution >= 0.6 is 0 Å². The molecule has 7 nitrogen and oxygen atoms in total. The van der Waals surface area contributed by atoms with Gasteiger partial charge in [-0.05, 0) is 75.1 Å². The number of hydrogen-bond acceptors (Lipinski definition) is 7. The van der Waals surface area contributed by atoms with E-state index in [1.807, 2.05) is 12.4 Å². The summed E-state index contributed by atoms with van der Waals surface area (Å²) in [6, 6.07) is 6.69. The van der Waals surface area contributed by atoms with Gasteiger partial charge in [-0.3, -0.25) is 9.98 Å². The molecule has 1 aromatic carbocycles. The molecule has 0 radical (unpaired) electrons. The Labute approximate surface area is 189 Å². The standard InChI is InChI=1S/C25H34N6O/c26-7-1-2-17-12-19(13-17)28-15-21(25(27)18-3-4-18)24-16-29-22-6-5-20(14-23(22)30-24)31-8-10-32-11-9-31/h5-6,14-19H,1-4,7-13,26-27H2. The lowest BCUT2D eigenvalue weighted by molar-refractivity contribution is 0.122. The lowest BCUT2D eigenvalue weighted by atomic mass is 9.78. The average Bonchev–Trinajstić information content (AvgIpc) is 3.65. The highest BCUT2D eigenvalue weighted by Gasteiger charge is 2.29. The van der Waals surface area contributed by atoms with Crippen molar-refractivity contribution >= 4 is 28.5 Å². The van der Waals surface area contributed by atoms with Crippen LogP contribution in [-0.4, -0.2) is 55.1 Å². The van der Waals surface area contributed by atoms with Gasteiger partial charge in [0.25, 0.3) is 0 Å². The maximum absolute atomic E-state index is 6.57. The number of benzene rings is 1. The molecule has 0 unspecified atom stereocenters. The first kappa shape index (κ1) is 21.3. The van der Waals surface area contributed by atoms with Crippen LogP contribution in [0.15, 0.2) is 35.1 Å². The van der Waals surface area contributed by atoms with Crippen molar-refractivity contribution in [2.24, 2.45) is 28.3 Å². The number of fused-ring (bicyclic) bond motifs is 1. The molecule has 170 valence electrons. The van der Waals surface area contributed by atoms with E-state index in [-0.39, 0.29) is 0 Å². The van der Waals surface area contributed by atoms with Crippen LogP contribution in [0.1, 0.15) is 44.2 Å². The second kappa shape index (κ2) is 9.55. The molecule has 32 heavy (non-hydrogen) atoms. The van der Waals surface area contributed by atoms with E-state index in [0.29, 0.717) is 12.0 Å². The molecule has 2 saturated carbocycles. The molecule has 2 aliphatic carbocycles. The van der Waals surface area contributed by atoms with Crippen LogP contribution in [0.5, 0.6) is 0 Å². The summed E-state index contributed by atoms with van der Waals surface area (Å²) in [6.07, 6.45) is 10.7. The summed E-state index contributed by atoms with van der Waals surface area (Å²) in [5, 5.41) is 0. The third-order valence-electron chi connectivity index (χ3n) is 6.95. The molecule has 5 rings (SSSR count). The Morgan fingerprint density at radius 1 is 1.19 bits per heavy atom. The number of aliphatic imine (C=N–C) groups is 1. The highest BCUT2D eigenvalue weighted by atomic mass is 16.5. The van der Waals surface area contributed by atoms with Crippen molar-refractivity contribution in [2.75, 3.05) is 37.7 Å². The van der Waals surface area contributed by atoms with Gasteiger partial charge in [-0.2, -0.15) is 0 Å². The Bertz CT molecular complexity index is 1000. The number of anilines is 1. The van der Waals surface area contributed by atoms with Gasteiger partial charge in [-0.1, -0.05) is 0 Å². The van der Waals surface area contributed by atoms with Crippen LogP contribution in [0.3, 0.4) is 0 Å². The van der Waals surface area contributed by atoms with Crippen molar-refractivity contribution in [3.05, 3.63) is 35.8 Å². The zero-order valence-corrected chi connectivity index (χ0v) is 18.7. The monoisotopic (exact) mass is 434 g/mol. The van der Waals surface area contributed by atoms with E-state index in [1.54, 1.807) is 0 Å². The Hall–Kier alpha value is -2.51. The van der Waals surface area contributed by atoms with Crippen LogP contribution < -0.4 is 16.4 Å². The lowest BCUT2D eigenvalue weighted by Gasteiger charge is -2.32. The van der Waals surface area contributed by atoms with Gasteiger partial charge < -0.3 is 21.1 Å². The zero-order valence-electron chi connectivity index (χ0n) is 18.7. The van der Waals surface area contributed by atoms with Crippen LogP contribution in [-0.2, 0) is 4.74 Å². The minimum absolute atomic E-state index is 0.390. The number of aromatic nitrogens is 2. The highest BCUT2D eigenvalue weighted by Crippen LogP contribution is 2.38. The third-order valence-corrected chi connectivity index (χ3v) is 6.95. The second-order valence-electron chi connectivity index (χ2n) is 9.37. The number of morpholine rings is 1. The van der Waals surface area contributed by atoms with Crippen molar-refractivity contribution in [3.63, 3.8) is 0 Å². The number of rotatable bonds is 8. The minimum atomic E-state index is 0.390. The molecule has 1 aromatic heterocycles. The molecule has 0 amide bonds. The second-order valence-corrected chi connectivity index (χ2v) is 9.37. The molecule has 0 atom stereocenters. The smallest absolute Gasteiger partial charge is 0.0925 e. The summed E-state index contributed by atoms with van der Waals surface area (Å²) in [6.45, 7) is 4.11. The van der Waals surface area contributed by atoms with Crippen LogP contribution in [0, 0.1) is 11.8 Å². The average molecular weight is 435 g/mol. The van der Waals surface area contributed by atoms with Gasteiger partial charge in [0, 0.05) is 36.3 Å². The van der Waals surface area contributed by atoms with E-state index < -0.39 is 0 Å². The molecule has 2 heterocycles. The molecule has 0 bridgehead atoms. The van der Waals surface area contributed by atoms with Crippen LogP contribution in [0.4, 0.5) is 5.69 Å². The molecular formula is C25H34N6O. The Balaban J connectivity index is 1.38. The first-order chi connectivity index (χ1) is 15.7. The largest absolute Gasteiger partial charge is 0.401 e. The fourth-order valence-corrected chi connectivity index (χ4v) is 4.70. The minimum Gasteiger partial charge on any atom is -0.401 e. The lowest BCUT2D eigenvalue weighted by Crippen LogP contribution is -2.36. The van der Waals surface area contributed by atoms with Gasteiger partial charge >= 0.3 is 0 Å². The predicted molar refractivity (Wildman–Crippen MR) is 130 cm³/mol. The van der Waals surface area contributed by atoms with E-state index in [4.69, 9.17) is 26.2 Å². The number of ether oxygens (including phenoxy) is 1. The molecule has 1 saturated heterocycles. The van der Waals surface area contributed by atoms with Gasteiger partial charge in [0.15, 0.2) is 0 Å². The molecule has 3 fully saturated rings. The summed E-state index contributed by atoms with van der Waals surface area (Å²) in [5.41, 5.74) is 17.8. The SMILES string of the molecule is NCCCC1CC(N=CC(=C(N)C2CC2)c2cnc3ccc(N4CCOCC4)cc3n2)C1. The van der Waals surface area contributed by atoms with Gasteiger partial charge in [-0.25, -0.2) is 4.98 Å². The van der Waals surface area contributed by atoms with E-state index in [2.05, 4.69) is 28.1 Å². The van der Waals surface area contributed by atoms with Gasteiger partial charge in [-0.15, -0.1) is 0 Å². The summed E-state index contributed by atoms with van der Waals surface area (Å²) in [4.78, 5) is 16.9. The van der Waals surface area contributed by atoms with Crippen molar-refractivity contribution in [1.82, 2.24) is 9.97 Å². The number of allylic oxidation sites excluding steroid dienone is 2. The van der Waals surface area contributed by atoms with Crippen molar-refractivity contribution in [3.8, 4) is 0 Å². The summed E-state index contributed by atoms with van der Waals surface area (Å²) < 4.78 is 5.49. The van der Waals surface area contributed by atoms with Gasteiger partial charge in [0.05, 0.1) is 42.2 Å². The van der Waals surface area contributed by atoms with Gasteiger partial charge in [0.2, 0.25) is 0 Å². The number of nitrogens with zero attached hydrogens (tertiary/aromatic N) is 4. The third kappa shape index (κ3) is 4.79. The predicted octanol–water partition coefficient (Wildman–Crippen LogP) is 3.13. The van der Waals surface area contributed by atoms with E-state index in [1.165, 1.54) is 12.1 Å². The van der Waals surface area contributed by atoms with E-state index >= 15 is 0 Å². The highest BCUT2D eigenvalue weighted by molar-refractivity contribution is 6.10. The maximum atomic E-state index is 6.57. The molecule has 2 aromatic rings. The normalized spacial score (nSPS) is 24.6. The fourth-order valence-electron chi connectivity index (χ4n) is 4.70. The Morgan fingerprint density at radius 2 is 2.00 bits per heavy atom. The molecule has 4 N–H and O–H groups in total. The van der Waals surface area contributed by atoms with Gasteiger partial charge in [0.1, 0.15) is 0 Å². The Morgan fingerprint density at radius 3 is 2.75 bits per heavy atom. The summed E-state index contributed by atoms with van der Waals surface area (Å²) in [5.74, 6) is 1.22. The quantitative estimate of drug-likeness (QED) is 0.619. The summed E-state index contributed by atoms with van der Waals surface area (Å²) in [7, 11) is 0. The molecule has 0 spiro atoms. The number of hydrogen-bond donors (Lipinski definition) is 2. The maximum Gasteiger partial charge on any atom is 0.0925 e. The van der Waals surface area contributed by atoms with Crippen molar-refractivity contribution in [2.45, 2.75) is 44.6 Å². The first-order valence-electron chi connectivity index (χ1n) is 12.0. The van der Waals surface area contributed by atoms with Crippen molar-refractivity contribution in [1.29, 1.82) is 0 Å². The molecular weight excluding hydrogens is 400 g/mol. The van der Waals surface area contributed by atoms with E-state index in [9.17, 15) is 0 Å². The first-order valence-corrected chi connectivity index (χ1v) is 12.0. The van der Waals surface area contributed by atoms with E-state index in [0.717, 1.165) is 98.9 Å². The van der Waals surface area contributed by atoms with Crippen LogP contribution in [0.25, 0.3) is 16.6 Å². The Kier molecular flexibility index (Phi) is 6.37. The number of nitrogens with two attached hydrogens (primary N) is 2. The topological polar surface area (TPSA) is 103 Å². The molecule has 1 aliphatic heterocycles. The molecule has 3 aliphatic rings. The molecule has 7 heteroatoms. The summed E-state index contributed by atoms with van der Waals surface area (Å²) >= 11 is 0. The van der Waals surface area contributed by atoms with Crippen LogP contribution in [0.2, 0.25) is 0 Å². The fraction of sp³-hybridized carbons (Fsp3) is 0.560. The zero-order chi connectivity index (χ0) is 21.9.